The van der Waals surface area contributed by atoms with Crippen molar-refractivity contribution in [2.45, 2.75) is 19.8 Å². The Labute approximate surface area is 147 Å². The number of hydrogen-bond acceptors (Lipinski definition) is 5. The summed E-state index contributed by atoms with van der Waals surface area (Å²) in [6.45, 7) is 3.45. The van der Waals surface area contributed by atoms with E-state index < -0.39 is 17.8 Å². The molecule has 0 spiro atoms. The molecule has 1 aromatic heterocycles. The van der Waals surface area contributed by atoms with Gasteiger partial charge in [0.1, 0.15) is 5.92 Å². The fourth-order valence-corrected chi connectivity index (χ4v) is 3.45. The molecule has 0 fully saturated rings. The summed E-state index contributed by atoms with van der Waals surface area (Å²) in [4.78, 5) is 16.3. The Kier molecular flexibility index (Phi) is 4.43. The van der Waals surface area contributed by atoms with Crippen LogP contribution in [-0.4, -0.2) is 27.0 Å². The number of rotatable bonds is 3. The molecular formula is C16H13Cl2N3O3. The number of nitrogens with zero attached hydrogens (tertiary/aromatic N) is 3. The van der Waals surface area contributed by atoms with Crippen molar-refractivity contribution in [2.24, 2.45) is 10.9 Å². The molecule has 0 bridgehead atoms. The van der Waals surface area contributed by atoms with E-state index in [1.807, 2.05) is 0 Å². The van der Waals surface area contributed by atoms with Gasteiger partial charge in [0.25, 0.3) is 0 Å². The number of carboxylic acids is 1. The number of carbonyl (C=O) groups is 1. The Morgan fingerprint density at radius 2 is 2.04 bits per heavy atom. The molecule has 0 radical (unpaired) electrons. The van der Waals surface area contributed by atoms with Gasteiger partial charge in [-0.2, -0.15) is 0 Å². The molecule has 8 heteroatoms. The topological polar surface area (TPSA) is 88.6 Å². The fraction of sp³-hybridized carbons (Fsp3) is 0.250. The van der Waals surface area contributed by atoms with Gasteiger partial charge in [-0.15, -0.1) is 10.2 Å². The van der Waals surface area contributed by atoms with Crippen molar-refractivity contribution in [3.63, 3.8) is 0 Å². The standard InChI is InChI=1S/C16H13Cl2N3O3/c1-7-11(15-21-19-6-24-15)13(12(16(22)23)8(2)20-7)9-4-3-5-10(17)14(9)18/h3-6,12-13H,1-2H3,(H,22,23). The zero-order chi connectivity index (χ0) is 17.4. The largest absolute Gasteiger partial charge is 0.481 e. The van der Waals surface area contributed by atoms with E-state index in [1.54, 1.807) is 32.0 Å². The first kappa shape index (κ1) is 16.7. The maximum Gasteiger partial charge on any atom is 0.313 e. The van der Waals surface area contributed by atoms with Crippen LogP contribution in [0.3, 0.4) is 0 Å². The molecule has 1 aromatic carbocycles. The number of carboxylic acid groups (broad SMARTS) is 1. The maximum absolute atomic E-state index is 11.9. The van der Waals surface area contributed by atoms with Crippen LogP contribution in [0.5, 0.6) is 0 Å². The molecule has 24 heavy (non-hydrogen) atoms. The van der Waals surface area contributed by atoms with Gasteiger partial charge in [-0.3, -0.25) is 9.79 Å². The first-order chi connectivity index (χ1) is 11.4. The third kappa shape index (κ3) is 2.72. The highest BCUT2D eigenvalue weighted by atomic mass is 35.5. The van der Waals surface area contributed by atoms with Crippen molar-refractivity contribution in [1.29, 1.82) is 0 Å². The fourth-order valence-electron chi connectivity index (χ4n) is 3.02. The minimum absolute atomic E-state index is 0.219. The molecule has 1 aliphatic rings. The zero-order valence-electron chi connectivity index (χ0n) is 12.8. The van der Waals surface area contributed by atoms with Crippen molar-refractivity contribution < 1.29 is 14.3 Å². The van der Waals surface area contributed by atoms with E-state index in [4.69, 9.17) is 27.6 Å². The highest BCUT2D eigenvalue weighted by molar-refractivity contribution is 6.42. The van der Waals surface area contributed by atoms with E-state index in [1.165, 1.54) is 6.39 Å². The van der Waals surface area contributed by atoms with E-state index >= 15 is 0 Å². The van der Waals surface area contributed by atoms with Crippen molar-refractivity contribution in [3.05, 3.63) is 51.8 Å². The molecule has 2 heterocycles. The summed E-state index contributed by atoms with van der Waals surface area (Å²) < 4.78 is 5.31. The molecule has 2 unspecified atom stereocenters. The number of halogens is 2. The lowest BCUT2D eigenvalue weighted by atomic mass is 9.75. The molecule has 2 aromatic rings. The van der Waals surface area contributed by atoms with Crippen LogP contribution in [0.4, 0.5) is 0 Å². The minimum Gasteiger partial charge on any atom is -0.481 e. The van der Waals surface area contributed by atoms with Gasteiger partial charge in [0.15, 0.2) is 0 Å². The predicted octanol–water partition coefficient (Wildman–Crippen LogP) is 4.07. The Bertz CT molecular complexity index is 859. The summed E-state index contributed by atoms with van der Waals surface area (Å²) in [5.41, 5.74) is 2.20. The minimum atomic E-state index is -1.01. The maximum atomic E-state index is 11.9. The number of benzene rings is 1. The molecule has 2 atom stereocenters. The molecule has 1 N–H and O–H groups in total. The highest BCUT2D eigenvalue weighted by Crippen LogP contribution is 2.46. The van der Waals surface area contributed by atoms with Crippen molar-refractivity contribution in [1.82, 2.24) is 10.2 Å². The summed E-state index contributed by atoms with van der Waals surface area (Å²) in [7, 11) is 0. The zero-order valence-corrected chi connectivity index (χ0v) is 14.3. The summed E-state index contributed by atoms with van der Waals surface area (Å²) >= 11 is 12.5. The molecular weight excluding hydrogens is 353 g/mol. The van der Waals surface area contributed by atoms with Gasteiger partial charge in [-0.05, 0) is 25.5 Å². The molecule has 0 saturated carbocycles. The van der Waals surface area contributed by atoms with Crippen LogP contribution in [0.2, 0.25) is 10.0 Å². The van der Waals surface area contributed by atoms with Gasteiger partial charge < -0.3 is 9.52 Å². The van der Waals surface area contributed by atoms with Crippen LogP contribution < -0.4 is 0 Å². The van der Waals surface area contributed by atoms with Crippen LogP contribution in [0.1, 0.15) is 31.2 Å². The molecule has 0 saturated heterocycles. The van der Waals surface area contributed by atoms with Gasteiger partial charge >= 0.3 is 5.97 Å². The smallest absolute Gasteiger partial charge is 0.313 e. The van der Waals surface area contributed by atoms with Gasteiger partial charge in [0, 0.05) is 22.9 Å². The van der Waals surface area contributed by atoms with Crippen LogP contribution in [0.25, 0.3) is 5.57 Å². The van der Waals surface area contributed by atoms with Gasteiger partial charge in [-0.25, -0.2) is 0 Å². The van der Waals surface area contributed by atoms with E-state index in [2.05, 4.69) is 15.2 Å². The molecule has 124 valence electrons. The van der Waals surface area contributed by atoms with Crippen molar-refractivity contribution in [3.8, 4) is 0 Å². The molecule has 6 nitrogen and oxygen atoms in total. The Morgan fingerprint density at radius 1 is 1.29 bits per heavy atom. The SMILES string of the molecule is CC1=NC(C)=C(c2nnco2)C(c2cccc(Cl)c2Cl)C1C(=O)O. The van der Waals surface area contributed by atoms with Crippen molar-refractivity contribution >= 4 is 40.5 Å². The monoisotopic (exact) mass is 365 g/mol. The first-order valence-corrected chi connectivity index (χ1v) is 7.86. The lowest BCUT2D eigenvalue weighted by Gasteiger charge is -2.30. The lowest BCUT2D eigenvalue weighted by Crippen LogP contribution is -2.32. The Morgan fingerprint density at radius 3 is 2.67 bits per heavy atom. The first-order valence-electron chi connectivity index (χ1n) is 7.11. The number of allylic oxidation sites excluding steroid dienone is 2. The molecule has 3 rings (SSSR count). The lowest BCUT2D eigenvalue weighted by molar-refractivity contribution is -0.139. The summed E-state index contributed by atoms with van der Waals surface area (Å²) in [5.74, 6) is -2.34. The van der Waals surface area contributed by atoms with E-state index in [9.17, 15) is 9.90 Å². The van der Waals surface area contributed by atoms with E-state index in [0.717, 1.165) is 0 Å². The van der Waals surface area contributed by atoms with Gasteiger partial charge in [0.05, 0.1) is 10.0 Å². The summed E-state index contributed by atoms with van der Waals surface area (Å²) in [5, 5.41) is 18.0. The summed E-state index contributed by atoms with van der Waals surface area (Å²) in [6.07, 6.45) is 1.19. The second-order valence-electron chi connectivity index (χ2n) is 5.43. The van der Waals surface area contributed by atoms with E-state index in [0.29, 0.717) is 32.6 Å². The van der Waals surface area contributed by atoms with Gasteiger partial charge in [-0.1, -0.05) is 35.3 Å². The number of aliphatic imine (C=N–C) groups is 1. The van der Waals surface area contributed by atoms with Gasteiger partial charge in [0.2, 0.25) is 12.3 Å². The average molecular weight is 366 g/mol. The van der Waals surface area contributed by atoms with Crippen LogP contribution in [0, 0.1) is 5.92 Å². The highest BCUT2D eigenvalue weighted by Gasteiger charge is 2.41. The number of aliphatic carboxylic acids is 1. The van der Waals surface area contributed by atoms with Crippen LogP contribution >= 0.6 is 23.2 Å². The van der Waals surface area contributed by atoms with Crippen LogP contribution in [0.15, 0.2) is 39.7 Å². The average Bonchev–Trinajstić information content (AvgIpc) is 3.02. The van der Waals surface area contributed by atoms with Crippen LogP contribution in [-0.2, 0) is 4.79 Å². The summed E-state index contributed by atoms with van der Waals surface area (Å²) in [6, 6.07) is 5.12. The number of aromatic nitrogens is 2. The molecule has 1 aliphatic heterocycles. The normalized spacial score (nSPS) is 20.9. The quantitative estimate of drug-likeness (QED) is 0.885. The van der Waals surface area contributed by atoms with E-state index in [-0.39, 0.29) is 5.89 Å². The third-order valence-electron chi connectivity index (χ3n) is 4.00. The van der Waals surface area contributed by atoms with Crippen molar-refractivity contribution in [2.75, 3.05) is 0 Å². The second kappa shape index (κ2) is 6.37. The Balaban J connectivity index is 2.29. The third-order valence-corrected chi connectivity index (χ3v) is 4.83. The predicted molar refractivity (Wildman–Crippen MR) is 90.3 cm³/mol. The molecule has 0 aliphatic carbocycles. The molecule has 0 amide bonds. The Hall–Kier alpha value is -2.18. The second-order valence-corrected chi connectivity index (χ2v) is 6.22. The number of hydrogen-bond donors (Lipinski definition) is 1.